The molecule has 1 unspecified atom stereocenters. The molecule has 0 saturated heterocycles. The maximum absolute atomic E-state index is 12.3. The van der Waals surface area contributed by atoms with Gasteiger partial charge in [-0.15, -0.1) is 0 Å². The van der Waals surface area contributed by atoms with Gasteiger partial charge in [-0.05, 0) is 73.1 Å². The molecule has 0 aromatic heterocycles. The Kier molecular flexibility index (Phi) is 2.00. The largest absolute Gasteiger partial charge is 0.294 e. The van der Waals surface area contributed by atoms with E-state index < -0.39 is 0 Å². The van der Waals surface area contributed by atoms with Gasteiger partial charge in [0.25, 0.3) is 0 Å². The molecule has 0 bridgehead atoms. The SMILES string of the molecule is O=C1CC2CCCc3cc4c(c1c32)CCCC4. The summed E-state index contributed by atoms with van der Waals surface area (Å²) in [4.78, 5) is 12.3. The first kappa shape index (κ1) is 9.87. The number of Topliss-reactive ketones (excluding diaryl/α,β-unsaturated/α-hetero) is 1. The fourth-order valence-corrected chi connectivity index (χ4v) is 4.19. The van der Waals surface area contributed by atoms with E-state index in [-0.39, 0.29) is 0 Å². The zero-order valence-corrected chi connectivity index (χ0v) is 10.2. The van der Waals surface area contributed by atoms with Crippen LogP contribution in [0.5, 0.6) is 0 Å². The van der Waals surface area contributed by atoms with E-state index in [4.69, 9.17) is 0 Å². The zero-order valence-electron chi connectivity index (χ0n) is 10.2. The predicted octanol–water partition coefficient (Wildman–Crippen LogP) is 3.57. The molecule has 88 valence electrons. The van der Waals surface area contributed by atoms with E-state index in [2.05, 4.69) is 6.07 Å². The fourth-order valence-electron chi connectivity index (χ4n) is 4.19. The summed E-state index contributed by atoms with van der Waals surface area (Å²) >= 11 is 0. The normalized spacial score (nSPS) is 25.6. The van der Waals surface area contributed by atoms with Crippen LogP contribution in [0.4, 0.5) is 0 Å². The molecule has 4 rings (SSSR count). The van der Waals surface area contributed by atoms with Gasteiger partial charge in [0.1, 0.15) is 0 Å². The number of hydrogen-bond donors (Lipinski definition) is 0. The quantitative estimate of drug-likeness (QED) is 0.661. The number of rotatable bonds is 0. The molecular weight excluding hydrogens is 208 g/mol. The van der Waals surface area contributed by atoms with Crippen molar-refractivity contribution in [1.29, 1.82) is 0 Å². The van der Waals surface area contributed by atoms with Crippen LogP contribution < -0.4 is 0 Å². The monoisotopic (exact) mass is 226 g/mol. The van der Waals surface area contributed by atoms with Crippen LogP contribution in [0.2, 0.25) is 0 Å². The molecule has 0 amide bonds. The third kappa shape index (κ3) is 1.28. The summed E-state index contributed by atoms with van der Waals surface area (Å²) in [6.07, 6.45) is 9.47. The van der Waals surface area contributed by atoms with E-state index in [0.29, 0.717) is 11.7 Å². The highest BCUT2D eigenvalue weighted by molar-refractivity contribution is 6.03. The van der Waals surface area contributed by atoms with Gasteiger partial charge >= 0.3 is 0 Å². The van der Waals surface area contributed by atoms with Crippen LogP contribution in [-0.2, 0) is 19.3 Å². The summed E-state index contributed by atoms with van der Waals surface area (Å²) in [5.74, 6) is 1.03. The smallest absolute Gasteiger partial charge is 0.164 e. The lowest BCUT2D eigenvalue weighted by atomic mass is 9.78. The van der Waals surface area contributed by atoms with Gasteiger partial charge in [0.15, 0.2) is 5.78 Å². The van der Waals surface area contributed by atoms with Crippen LogP contribution in [0.3, 0.4) is 0 Å². The minimum atomic E-state index is 0.451. The van der Waals surface area contributed by atoms with Crippen LogP contribution in [0.15, 0.2) is 6.07 Å². The number of carbonyl (C=O) groups is 1. The molecule has 1 nitrogen and oxygen atoms in total. The minimum Gasteiger partial charge on any atom is -0.294 e. The van der Waals surface area contributed by atoms with Crippen molar-refractivity contribution >= 4 is 5.78 Å². The molecule has 0 fully saturated rings. The molecule has 3 aliphatic carbocycles. The second-order valence-corrected chi connectivity index (χ2v) is 5.89. The average molecular weight is 226 g/mol. The number of aryl methyl sites for hydroxylation is 2. The maximum atomic E-state index is 12.3. The van der Waals surface area contributed by atoms with Crippen molar-refractivity contribution in [3.63, 3.8) is 0 Å². The van der Waals surface area contributed by atoms with E-state index >= 15 is 0 Å². The number of fused-ring (bicyclic) bond motifs is 2. The molecule has 17 heavy (non-hydrogen) atoms. The van der Waals surface area contributed by atoms with Crippen LogP contribution in [-0.4, -0.2) is 5.78 Å². The van der Waals surface area contributed by atoms with Crippen molar-refractivity contribution in [3.05, 3.63) is 33.9 Å². The standard InChI is InChI=1S/C16H18O/c17-14-9-12-6-3-5-11-8-10-4-1-2-7-13(10)16(14)15(11)12/h8,12H,1-7,9H2. The Morgan fingerprint density at radius 1 is 1.00 bits per heavy atom. The third-order valence-electron chi connectivity index (χ3n) is 4.89. The van der Waals surface area contributed by atoms with Gasteiger partial charge in [-0.1, -0.05) is 6.07 Å². The molecule has 1 aromatic carbocycles. The Bertz CT molecular complexity index is 513. The molecule has 0 radical (unpaired) electrons. The van der Waals surface area contributed by atoms with Gasteiger partial charge in [-0.3, -0.25) is 4.79 Å². The number of carbonyl (C=O) groups excluding carboxylic acids is 1. The van der Waals surface area contributed by atoms with E-state index in [1.165, 1.54) is 66.3 Å². The molecule has 0 spiro atoms. The molecular formula is C16H18O. The Labute approximate surface area is 102 Å². The lowest BCUT2D eigenvalue weighted by Gasteiger charge is -2.26. The van der Waals surface area contributed by atoms with Crippen molar-refractivity contribution in [2.75, 3.05) is 0 Å². The Morgan fingerprint density at radius 2 is 1.82 bits per heavy atom. The van der Waals surface area contributed by atoms with E-state index in [1.807, 2.05) is 0 Å². The van der Waals surface area contributed by atoms with E-state index in [9.17, 15) is 4.79 Å². The summed E-state index contributed by atoms with van der Waals surface area (Å²) in [5.41, 5.74) is 7.11. The minimum absolute atomic E-state index is 0.451. The molecule has 1 atom stereocenters. The first-order chi connectivity index (χ1) is 8.34. The lowest BCUT2D eigenvalue weighted by molar-refractivity contribution is 0.0987. The number of hydrogen-bond acceptors (Lipinski definition) is 1. The van der Waals surface area contributed by atoms with Crippen molar-refractivity contribution < 1.29 is 4.79 Å². The summed E-state index contributed by atoms with van der Waals surface area (Å²) in [6, 6.07) is 2.44. The number of benzene rings is 1. The van der Waals surface area contributed by atoms with E-state index in [0.717, 1.165) is 12.8 Å². The maximum Gasteiger partial charge on any atom is 0.164 e. The summed E-state index contributed by atoms with van der Waals surface area (Å²) in [6.45, 7) is 0. The predicted molar refractivity (Wildman–Crippen MR) is 67.7 cm³/mol. The molecule has 0 N–H and O–H groups in total. The molecule has 1 aromatic rings. The van der Waals surface area contributed by atoms with Crippen molar-refractivity contribution in [2.24, 2.45) is 0 Å². The molecule has 0 aliphatic heterocycles. The van der Waals surface area contributed by atoms with Gasteiger partial charge in [0.05, 0.1) is 0 Å². The molecule has 0 heterocycles. The highest BCUT2D eigenvalue weighted by Gasteiger charge is 2.36. The summed E-state index contributed by atoms with van der Waals surface area (Å²) < 4.78 is 0. The van der Waals surface area contributed by atoms with Gasteiger partial charge in [-0.25, -0.2) is 0 Å². The highest BCUT2D eigenvalue weighted by atomic mass is 16.1. The Morgan fingerprint density at radius 3 is 2.76 bits per heavy atom. The van der Waals surface area contributed by atoms with E-state index in [1.54, 1.807) is 0 Å². The summed E-state index contributed by atoms with van der Waals surface area (Å²) in [5, 5.41) is 0. The molecule has 3 aliphatic rings. The fraction of sp³-hybridized carbons (Fsp3) is 0.562. The van der Waals surface area contributed by atoms with Gasteiger partial charge in [0.2, 0.25) is 0 Å². The number of ketones is 1. The molecule has 1 heteroatoms. The van der Waals surface area contributed by atoms with Crippen LogP contribution in [0, 0.1) is 0 Å². The van der Waals surface area contributed by atoms with Crippen molar-refractivity contribution in [3.8, 4) is 0 Å². The second kappa shape index (κ2) is 3.44. The van der Waals surface area contributed by atoms with Gasteiger partial charge < -0.3 is 0 Å². The molecule has 0 saturated carbocycles. The van der Waals surface area contributed by atoms with Gasteiger partial charge in [0, 0.05) is 12.0 Å². The second-order valence-electron chi connectivity index (χ2n) is 5.89. The Balaban J connectivity index is 2.02. The van der Waals surface area contributed by atoms with Crippen molar-refractivity contribution in [2.45, 2.75) is 57.3 Å². The van der Waals surface area contributed by atoms with Crippen LogP contribution >= 0.6 is 0 Å². The first-order valence-corrected chi connectivity index (χ1v) is 7.05. The third-order valence-corrected chi connectivity index (χ3v) is 4.89. The topological polar surface area (TPSA) is 17.1 Å². The first-order valence-electron chi connectivity index (χ1n) is 7.05. The van der Waals surface area contributed by atoms with Crippen LogP contribution in [0.25, 0.3) is 0 Å². The highest BCUT2D eigenvalue weighted by Crippen LogP contribution is 2.46. The van der Waals surface area contributed by atoms with Gasteiger partial charge in [-0.2, -0.15) is 0 Å². The summed E-state index contributed by atoms with van der Waals surface area (Å²) in [7, 11) is 0. The lowest BCUT2D eigenvalue weighted by Crippen LogP contribution is -2.13. The average Bonchev–Trinajstić information content (AvgIpc) is 2.69. The van der Waals surface area contributed by atoms with Crippen LogP contribution in [0.1, 0.15) is 70.6 Å². The van der Waals surface area contributed by atoms with Crippen molar-refractivity contribution in [1.82, 2.24) is 0 Å². The Hall–Kier alpha value is -1.11. The zero-order chi connectivity index (χ0) is 11.4.